The van der Waals surface area contributed by atoms with Gasteiger partial charge in [-0.3, -0.25) is 0 Å². The van der Waals surface area contributed by atoms with Gasteiger partial charge in [0.2, 0.25) is 0 Å². The van der Waals surface area contributed by atoms with E-state index in [-0.39, 0.29) is 5.92 Å². The van der Waals surface area contributed by atoms with Crippen molar-refractivity contribution in [3.8, 4) is 0 Å². The van der Waals surface area contributed by atoms with Crippen LogP contribution in [0.1, 0.15) is 42.7 Å². The number of aryl methyl sites for hydroxylation is 1. The Balaban J connectivity index is 2.25. The van der Waals surface area contributed by atoms with Crippen LogP contribution in [0.4, 0.5) is 8.78 Å². The highest BCUT2D eigenvalue weighted by Crippen LogP contribution is 2.35. The molecule has 0 aromatic heterocycles. The minimum Gasteiger partial charge on any atom is -0.317 e. The molecule has 0 heterocycles. The molecule has 1 nitrogen and oxygen atoms in total. The summed E-state index contributed by atoms with van der Waals surface area (Å²) in [6, 6.07) is 3.85. The monoisotopic (exact) mass is 239 g/mol. The Bertz CT molecular complexity index is 403. The average molecular weight is 239 g/mol. The third-order valence-corrected chi connectivity index (χ3v) is 3.83. The normalized spacial score (nSPS) is 24.9. The van der Waals surface area contributed by atoms with E-state index in [1.54, 1.807) is 19.1 Å². The fourth-order valence-corrected chi connectivity index (χ4v) is 2.71. The molecule has 0 spiro atoms. The Labute approximate surface area is 101 Å². The highest BCUT2D eigenvalue weighted by atomic mass is 19.2. The van der Waals surface area contributed by atoms with Gasteiger partial charge in [-0.25, -0.2) is 8.78 Å². The van der Waals surface area contributed by atoms with E-state index in [1.165, 1.54) is 0 Å². The van der Waals surface area contributed by atoms with Crippen LogP contribution in [0.5, 0.6) is 0 Å². The van der Waals surface area contributed by atoms with Gasteiger partial charge >= 0.3 is 0 Å². The zero-order valence-electron chi connectivity index (χ0n) is 10.4. The van der Waals surface area contributed by atoms with Crippen molar-refractivity contribution in [3.05, 3.63) is 34.9 Å². The Kier molecular flexibility index (Phi) is 3.77. The van der Waals surface area contributed by atoms with Gasteiger partial charge in [-0.2, -0.15) is 0 Å². The van der Waals surface area contributed by atoms with Crippen molar-refractivity contribution in [2.75, 3.05) is 7.05 Å². The Hall–Kier alpha value is -0.960. The molecule has 1 fully saturated rings. The minimum absolute atomic E-state index is 0.149. The van der Waals surface area contributed by atoms with Gasteiger partial charge in [-0.05, 0) is 50.3 Å². The second-order valence-electron chi connectivity index (χ2n) is 4.95. The standard InChI is InChI=1S/C14H19F2N/c1-9-6-7-12(14(16)13(9)15)10-4-3-5-11(8-10)17-2/h6-7,10-11,17H,3-5,8H2,1-2H3. The molecule has 0 amide bonds. The fraction of sp³-hybridized carbons (Fsp3) is 0.571. The fourth-order valence-electron chi connectivity index (χ4n) is 2.71. The molecule has 0 radical (unpaired) electrons. The molecule has 1 aromatic rings. The summed E-state index contributed by atoms with van der Waals surface area (Å²) < 4.78 is 27.4. The second kappa shape index (κ2) is 5.13. The van der Waals surface area contributed by atoms with Crippen molar-refractivity contribution in [1.82, 2.24) is 5.32 Å². The van der Waals surface area contributed by atoms with Gasteiger partial charge in [0.05, 0.1) is 0 Å². The van der Waals surface area contributed by atoms with E-state index in [1.807, 2.05) is 7.05 Å². The van der Waals surface area contributed by atoms with E-state index in [2.05, 4.69) is 5.32 Å². The predicted molar refractivity (Wildman–Crippen MR) is 65.2 cm³/mol. The first-order chi connectivity index (χ1) is 8.13. The molecule has 1 saturated carbocycles. The molecule has 0 bridgehead atoms. The Morgan fingerprint density at radius 1 is 1.18 bits per heavy atom. The van der Waals surface area contributed by atoms with Crippen LogP contribution in [-0.2, 0) is 0 Å². The van der Waals surface area contributed by atoms with Crippen LogP contribution in [0.25, 0.3) is 0 Å². The molecule has 17 heavy (non-hydrogen) atoms. The van der Waals surface area contributed by atoms with Crippen LogP contribution in [-0.4, -0.2) is 13.1 Å². The molecule has 1 aliphatic rings. The summed E-state index contributed by atoms with van der Waals surface area (Å²) >= 11 is 0. The van der Waals surface area contributed by atoms with Crippen molar-refractivity contribution in [1.29, 1.82) is 0 Å². The lowest BCUT2D eigenvalue weighted by atomic mass is 9.81. The van der Waals surface area contributed by atoms with E-state index >= 15 is 0 Å². The molecular formula is C14H19F2N. The van der Waals surface area contributed by atoms with Gasteiger partial charge in [0.1, 0.15) is 0 Å². The topological polar surface area (TPSA) is 12.0 Å². The van der Waals surface area contributed by atoms with Crippen molar-refractivity contribution in [2.24, 2.45) is 0 Å². The highest BCUT2D eigenvalue weighted by molar-refractivity contribution is 5.28. The van der Waals surface area contributed by atoms with Gasteiger partial charge in [0.25, 0.3) is 0 Å². The SMILES string of the molecule is CNC1CCCC(c2ccc(C)c(F)c2F)C1. The maximum Gasteiger partial charge on any atom is 0.162 e. The average Bonchev–Trinajstić information content (AvgIpc) is 2.36. The van der Waals surface area contributed by atoms with E-state index in [9.17, 15) is 8.78 Å². The molecular weight excluding hydrogens is 220 g/mol. The quantitative estimate of drug-likeness (QED) is 0.832. The third-order valence-electron chi connectivity index (χ3n) is 3.83. The summed E-state index contributed by atoms with van der Waals surface area (Å²) in [5.74, 6) is -1.18. The van der Waals surface area contributed by atoms with Crippen LogP contribution >= 0.6 is 0 Å². The van der Waals surface area contributed by atoms with Crippen molar-refractivity contribution >= 4 is 0 Å². The predicted octanol–water partition coefficient (Wildman–Crippen LogP) is 3.52. The van der Waals surface area contributed by atoms with Crippen molar-refractivity contribution in [2.45, 2.75) is 44.6 Å². The third kappa shape index (κ3) is 2.49. The van der Waals surface area contributed by atoms with Gasteiger partial charge < -0.3 is 5.32 Å². The molecule has 1 N–H and O–H groups in total. The molecule has 3 heteroatoms. The number of hydrogen-bond acceptors (Lipinski definition) is 1. The molecule has 1 aliphatic carbocycles. The maximum atomic E-state index is 13.9. The minimum atomic E-state index is -0.686. The van der Waals surface area contributed by atoms with E-state index < -0.39 is 11.6 Å². The molecule has 2 rings (SSSR count). The highest BCUT2D eigenvalue weighted by Gasteiger charge is 2.25. The first-order valence-electron chi connectivity index (χ1n) is 6.25. The molecule has 2 atom stereocenters. The number of halogens is 2. The smallest absolute Gasteiger partial charge is 0.162 e. The Morgan fingerprint density at radius 2 is 1.94 bits per heavy atom. The molecule has 1 aromatic carbocycles. The number of nitrogens with one attached hydrogen (secondary N) is 1. The summed E-state index contributed by atoms with van der Waals surface area (Å²) in [5.41, 5.74) is 0.931. The van der Waals surface area contributed by atoms with Crippen LogP contribution < -0.4 is 5.32 Å². The lowest BCUT2D eigenvalue weighted by molar-refractivity contribution is 0.346. The Morgan fingerprint density at radius 3 is 2.65 bits per heavy atom. The van der Waals surface area contributed by atoms with Crippen LogP contribution in [0.2, 0.25) is 0 Å². The number of benzene rings is 1. The first kappa shape index (κ1) is 12.5. The zero-order valence-corrected chi connectivity index (χ0v) is 10.4. The largest absolute Gasteiger partial charge is 0.317 e. The first-order valence-corrected chi connectivity index (χ1v) is 6.25. The van der Waals surface area contributed by atoms with Gasteiger partial charge in [0, 0.05) is 6.04 Å². The van der Waals surface area contributed by atoms with Gasteiger partial charge in [-0.1, -0.05) is 18.6 Å². The summed E-state index contributed by atoms with van der Waals surface area (Å²) in [7, 11) is 1.93. The van der Waals surface area contributed by atoms with Crippen LogP contribution in [0.3, 0.4) is 0 Å². The van der Waals surface area contributed by atoms with E-state index in [0.29, 0.717) is 17.2 Å². The van der Waals surface area contributed by atoms with E-state index in [4.69, 9.17) is 0 Å². The molecule has 0 aliphatic heterocycles. The number of hydrogen-bond donors (Lipinski definition) is 1. The van der Waals surface area contributed by atoms with Crippen molar-refractivity contribution < 1.29 is 8.78 Å². The van der Waals surface area contributed by atoms with Crippen molar-refractivity contribution in [3.63, 3.8) is 0 Å². The van der Waals surface area contributed by atoms with Gasteiger partial charge in [-0.15, -0.1) is 0 Å². The van der Waals surface area contributed by atoms with Crippen LogP contribution in [0, 0.1) is 18.6 Å². The molecule has 2 unspecified atom stereocenters. The summed E-state index contributed by atoms with van der Waals surface area (Å²) in [4.78, 5) is 0. The van der Waals surface area contributed by atoms with Gasteiger partial charge in [0.15, 0.2) is 11.6 Å². The lowest BCUT2D eigenvalue weighted by Crippen LogP contribution is -2.30. The number of rotatable bonds is 2. The summed E-state index contributed by atoms with van der Waals surface area (Å²) in [6.45, 7) is 1.60. The summed E-state index contributed by atoms with van der Waals surface area (Å²) in [6.07, 6.45) is 4.06. The molecule has 94 valence electrons. The second-order valence-corrected chi connectivity index (χ2v) is 4.95. The zero-order chi connectivity index (χ0) is 12.4. The van der Waals surface area contributed by atoms with Crippen LogP contribution in [0.15, 0.2) is 12.1 Å². The summed E-state index contributed by atoms with van der Waals surface area (Å²) in [5, 5.41) is 3.23. The lowest BCUT2D eigenvalue weighted by Gasteiger charge is -2.29. The maximum absolute atomic E-state index is 13.9. The molecule has 0 saturated heterocycles. The van der Waals surface area contributed by atoms with E-state index in [0.717, 1.165) is 25.7 Å².